The van der Waals surface area contributed by atoms with E-state index in [0.29, 0.717) is 17.1 Å². The van der Waals surface area contributed by atoms with Gasteiger partial charge < -0.3 is 19.9 Å². The molecule has 0 saturated carbocycles. The topological polar surface area (TPSA) is 109 Å². The molecule has 0 heterocycles. The highest BCUT2D eigenvalue weighted by molar-refractivity contribution is 6.10. The molecule has 7 heteroatoms. The van der Waals surface area contributed by atoms with E-state index in [2.05, 4.69) is 5.32 Å². The Balaban J connectivity index is 2.36. The number of carboxylic acid groups (broad SMARTS) is 1. The Bertz CT molecular complexity index is 958. The summed E-state index contributed by atoms with van der Waals surface area (Å²) in [5.74, 6) is -0.870. The molecule has 0 spiro atoms. The van der Waals surface area contributed by atoms with E-state index < -0.39 is 11.9 Å². The molecule has 0 atom stereocenters. The Morgan fingerprint density at radius 2 is 1.93 bits per heavy atom. The highest BCUT2D eigenvalue weighted by atomic mass is 16.5. The fraction of sp³-hybridized carbons (Fsp3) is 0.190. The minimum absolute atomic E-state index is 0.0284. The van der Waals surface area contributed by atoms with Crippen LogP contribution in [0.25, 0.3) is 6.08 Å². The maximum atomic E-state index is 12.5. The molecule has 1 amide bonds. The van der Waals surface area contributed by atoms with E-state index in [-0.39, 0.29) is 22.9 Å². The van der Waals surface area contributed by atoms with Crippen LogP contribution >= 0.6 is 0 Å². The molecule has 28 heavy (non-hydrogen) atoms. The molecule has 0 saturated heterocycles. The number of methoxy groups -OCH3 is 1. The predicted molar refractivity (Wildman–Crippen MR) is 104 cm³/mol. The van der Waals surface area contributed by atoms with Gasteiger partial charge in [0.2, 0.25) is 0 Å². The molecule has 0 fully saturated rings. The van der Waals surface area contributed by atoms with Crippen molar-refractivity contribution in [2.24, 2.45) is 0 Å². The molecule has 2 aromatic rings. The van der Waals surface area contributed by atoms with Gasteiger partial charge in [-0.3, -0.25) is 4.79 Å². The number of carboxylic acids is 1. The summed E-state index contributed by atoms with van der Waals surface area (Å²) in [4.78, 5) is 23.5. The number of para-hydroxylation sites is 1. The van der Waals surface area contributed by atoms with E-state index in [0.717, 1.165) is 0 Å². The zero-order chi connectivity index (χ0) is 20.7. The first-order chi connectivity index (χ1) is 13.3. The predicted octanol–water partition coefficient (Wildman–Crippen LogP) is 3.73. The van der Waals surface area contributed by atoms with Crippen molar-refractivity contribution >= 4 is 23.6 Å². The summed E-state index contributed by atoms with van der Waals surface area (Å²) >= 11 is 0. The van der Waals surface area contributed by atoms with Crippen molar-refractivity contribution in [2.45, 2.75) is 20.0 Å². The van der Waals surface area contributed by atoms with Crippen molar-refractivity contribution in [3.05, 3.63) is 59.2 Å². The third kappa shape index (κ3) is 5.11. The average Bonchev–Trinajstić information content (AvgIpc) is 2.66. The van der Waals surface area contributed by atoms with Gasteiger partial charge in [-0.05, 0) is 44.2 Å². The second kappa shape index (κ2) is 9.24. The van der Waals surface area contributed by atoms with Crippen LogP contribution in [0.4, 0.5) is 5.69 Å². The van der Waals surface area contributed by atoms with Crippen LogP contribution in [0.3, 0.4) is 0 Å². The second-order valence-corrected chi connectivity index (χ2v) is 6.06. The van der Waals surface area contributed by atoms with E-state index in [1.807, 2.05) is 19.9 Å². The number of carbonyl (C=O) groups excluding carboxylic acids is 1. The van der Waals surface area contributed by atoms with Gasteiger partial charge in [0.1, 0.15) is 11.6 Å². The Morgan fingerprint density at radius 3 is 2.54 bits per heavy atom. The van der Waals surface area contributed by atoms with Crippen molar-refractivity contribution in [3.8, 4) is 17.6 Å². The van der Waals surface area contributed by atoms with Gasteiger partial charge in [0.05, 0.1) is 18.8 Å². The zero-order valence-electron chi connectivity index (χ0n) is 15.7. The van der Waals surface area contributed by atoms with E-state index in [9.17, 15) is 14.9 Å². The van der Waals surface area contributed by atoms with E-state index in [1.54, 1.807) is 18.2 Å². The SMILES string of the molecule is COc1cccc(/C=C(/C#N)C(=O)Nc2cccc(C(=O)O)c2)c1OC(C)C. The minimum Gasteiger partial charge on any atom is -0.493 e. The first-order valence-electron chi connectivity index (χ1n) is 8.46. The highest BCUT2D eigenvalue weighted by Gasteiger charge is 2.15. The maximum absolute atomic E-state index is 12.5. The van der Waals surface area contributed by atoms with Crippen molar-refractivity contribution in [1.29, 1.82) is 5.26 Å². The maximum Gasteiger partial charge on any atom is 0.335 e. The van der Waals surface area contributed by atoms with Crippen molar-refractivity contribution in [1.82, 2.24) is 0 Å². The molecule has 2 rings (SSSR count). The number of anilines is 1. The van der Waals surface area contributed by atoms with Crippen LogP contribution in [-0.2, 0) is 4.79 Å². The van der Waals surface area contributed by atoms with Gasteiger partial charge in [0.25, 0.3) is 5.91 Å². The first-order valence-corrected chi connectivity index (χ1v) is 8.46. The Morgan fingerprint density at radius 1 is 1.21 bits per heavy atom. The molecule has 0 aliphatic rings. The molecule has 2 aromatic carbocycles. The number of nitrogens with zero attached hydrogens (tertiary/aromatic N) is 1. The molecule has 0 bridgehead atoms. The van der Waals surface area contributed by atoms with Crippen LogP contribution in [0.5, 0.6) is 11.5 Å². The average molecular weight is 380 g/mol. The Labute approximate surface area is 162 Å². The smallest absolute Gasteiger partial charge is 0.335 e. The molecular weight excluding hydrogens is 360 g/mol. The quantitative estimate of drug-likeness (QED) is 0.560. The monoisotopic (exact) mass is 380 g/mol. The second-order valence-electron chi connectivity index (χ2n) is 6.06. The van der Waals surface area contributed by atoms with E-state index >= 15 is 0 Å². The van der Waals surface area contributed by atoms with Crippen LogP contribution < -0.4 is 14.8 Å². The van der Waals surface area contributed by atoms with Crippen LogP contribution in [0.2, 0.25) is 0 Å². The van der Waals surface area contributed by atoms with Crippen LogP contribution in [0.15, 0.2) is 48.0 Å². The standard InChI is InChI=1S/C21H20N2O5/c1-13(2)28-19-14(6-5-9-18(19)27-3)10-16(12-22)20(24)23-17-8-4-7-15(11-17)21(25)26/h4-11,13H,1-3H3,(H,23,24)(H,25,26)/b16-10-. The summed E-state index contributed by atoms with van der Waals surface area (Å²) in [6.45, 7) is 3.71. The number of rotatable bonds is 7. The third-order valence-corrected chi connectivity index (χ3v) is 3.62. The van der Waals surface area contributed by atoms with E-state index in [1.165, 1.54) is 37.5 Å². The lowest BCUT2D eigenvalue weighted by molar-refractivity contribution is -0.112. The summed E-state index contributed by atoms with van der Waals surface area (Å²) in [5.41, 5.74) is 0.651. The first kappa shape index (κ1) is 20.5. The van der Waals surface area contributed by atoms with Crippen LogP contribution in [-0.4, -0.2) is 30.2 Å². The number of carbonyl (C=O) groups is 2. The molecule has 0 aliphatic heterocycles. The number of amides is 1. The molecule has 0 aliphatic carbocycles. The van der Waals surface area contributed by atoms with Gasteiger partial charge in [-0.2, -0.15) is 5.26 Å². The number of nitrogens with one attached hydrogen (secondary N) is 1. The van der Waals surface area contributed by atoms with Crippen LogP contribution in [0, 0.1) is 11.3 Å². The number of hydrogen-bond donors (Lipinski definition) is 2. The summed E-state index contributed by atoms with van der Waals surface area (Å²) in [7, 11) is 1.50. The molecule has 0 aromatic heterocycles. The summed E-state index contributed by atoms with van der Waals surface area (Å²) in [6, 6.07) is 12.8. The van der Waals surface area contributed by atoms with Gasteiger partial charge in [-0.15, -0.1) is 0 Å². The van der Waals surface area contributed by atoms with Gasteiger partial charge in [0.15, 0.2) is 11.5 Å². The number of nitriles is 1. The van der Waals surface area contributed by atoms with Gasteiger partial charge in [-0.25, -0.2) is 4.79 Å². The van der Waals surface area contributed by atoms with Crippen molar-refractivity contribution < 1.29 is 24.2 Å². The summed E-state index contributed by atoms with van der Waals surface area (Å²) in [6.07, 6.45) is 1.26. The van der Waals surface area contributed by atoms with Crippen molar-refractivity contribution in [2.75, 3.05) is 12.4 Å². The van der Waals surface area contributed by atoms with Gasteiger partial charge in [0, 0.05) is 11.3 Å². The normalized spacial score (nSPS) is 10.9. The van der Waals surface area contributed by atoms with Crippen molar-refractivity contribution in [3.63, 3.8) is 0 Å². The number of benzene rings is 2. The summed E-state index contributed by atoms with van der Waals surface area (Å²) in [5, 5.41) is 21.0. The van der Waals surface area contributed by atoms with Crippen LogP contribution in [0.1, 0.15) is 29.8 Å². The molecule has 2 N–H and O–H groups in total. The highest BCUT2D eigenvalue weighted by Crippen LogP contribution is 2.33. The lowest BCUT2D eigenvalue weighted by Crippen LogP contribution is -2.14. The summed E-state index contributed by atoms with van der Waals surface area (Å²) < 4.78 is 11.1. The number of hydrogen-bond acceptors (Lipinski definition) is 5. The molecule has 144 valence electrons. The van der Waals surface area contributed by atoms with E-state index in [4.69, 9.17) is 14.6 Å². The molecule has 0 radical (unpaired) electrons. The largest absolute Gasteiger partial charge is 0.493 e. The Hall–Kier alpha value is -3.79. The lowest BCUT2D eigenvalue weighted by atomic mass is 10.1. The molecule has 0 unspecified atom stereocenters. The lowest BCUT2D eigenvalue weighted by Gasteiger charge is -2.16. The third-order valence-electron chi connectivity index (χ3n) is 3.62. The number of aromatic carboxylic acids is 1. The molecular formula is C21H20N2O5. The molecule has 7 nitrogen and oxygen atoms in total. The van der Waals surface area contributed by atoms with Gasteiger partial charge in [-0.1, -0.05) is 18.2 Å². The fourth-order valence-corrected chi connectivity index (χ4v) is 2.40. The minimum atomic E-state index is -1.11. The Kier molecular flexibility index (Phi) is 6.77. The fourth-order valence-electron chi connectivity index (χ4n) is 2.40. The number of ether oxygens (including phenoxy) is 2. The van der Waals surface area contributed by atoms with Gasteiger partial charge >= 0.3 is 5.97 Å². The zero-order valence-corrected chi connectivity index (χ0v) is 15.7.